The molecule has 0 aliphatic heterocycles. The minimum atomic E-state index is -5.68. The van der Waals surface area contributed by atoms with Gasteiger partial charge < -0.3 is 18.9 Å². The van der Waals surface area contributed by atoms with Crippen LogP contribution in [0.15, 0.2) is 0 Å². The Kier molecular flexibility index (Phi) is 3.64. The molecule has 1 unspecified atom stereocenters. The van der Waals surface area contributed by atoms with Crippen molar-refractivity contribution < 1.29 is 36.4 Å². The largest absolute Gasteiger partial charge is 0.790 e. The average molecular weight is 210 g/mol. The summed E-state index contributed by atoms with van der Waals surface area (Å²) in [4.78, 5) is 19.1. The second-order valence-corrected chi connectivity index (χ2v) is 2.89. The Bertz CT molecular complexity index is 185. The summed E-state index contributed by atoms with van der Waals surface area (Å²) in [6.45, 7) is 0. The molecule has 0 aliphatic rings. The Morgan fingerprint density at radius 2 is 1.83 bits per heavy atom. The first-order valence-electron chi connectivity index (χ1n) is 2.51. The summed E-state index contributed by atoms with van der Waals surface area (Å²) in [6.07, 6.45) is -10.2. The highest BCUT2D eigenvalue weighted by atomic mass is 31.2. The Morgan fingerprint density at radius 3 is 2.08 bits per heavy atom. The van der Waals surface area contributed by atoms with Crippen molar-refractivity contribution in [1.29, 1.82) is 0 Å². The van der Waals surface area contributed by atoms with Gasteiger partial charge in [-0.2, -0.15) is 13.2 Å². The monoisotopic (exact) mass is 210 g/mol. The standard InChI is InChI=1S/C3H5F4O4P/c4-2(1-3(5,6)7)11-12(8,9)10/h2H,1H2,(H2,8,9,10)/p-2. The van der Waals surface area contributed by atoms with Gasteiger partial charge in [0.25, 0.3) is 0 Å². The van der Waals surface area contributed by atoms with Crippen LogP contribution in [0, 0.1) is 0 Å². The van der Waals surface area contributed by atoms with Crippen LogP contribution >= 0.6 is 7.82 Å². The van der Waals surface area contributed by atoms with E-state index in [-0.39, 0.29) is 0 Å². The van der Waals surface area contributed by atoms with E-state index in [4.69, 9.17) is 0 Å². The molecule has 0 aromatic rings. The summed E-state index contributed by atoms with van der Waals surface area (Å²) in [7, 11) is -5.68. The fourth-order valence-corrected chi connectivity index (χ4v) is 0.714. The van der Waals surface area contributed by atoms with Gasteiger partial charge in [-0.1, -0.05) is 0 Å². The lowest BCUT2D eigenvalue weighted by Gasteiger charge is -2.30. The molecule has 0 saturated heterocycles. The van der Waals surface area contributed by atoms with E-state index in [2.05, 4.69) is 4.52 Å². The molecule has 0 rings (SSSR count). The number of phosphoric acid groups is 1. The van der Waals surface area contributed by atoms with E-state index in [9.17, 15) is 31.9 Å². The quantitative estimate of drug-likeness (QED) is 0.488. The van der Waals surface area contributed by atoms with Crippen molar-refractivity contribution in [2.45, 2.75) is 19.0 Å². The molecule has 9 heteroatoms. The summed E-state index contributed by atoms with van der Waals surface area (Å²) in [5, 5.41) is 0. The van der Waals surface area contributed by atoms with Gasteiger partial charge in [0.15, 0.2) is 0 Å². The highest BCUT2D eigenvalue weighted by molar-refractivity contribution is 7.43. The van der Waals surface area contributed by atoms with E-state index < -0.39 is 26.8 Å². The van der Waals surface area contributed by atoms with E-state index in [1.807, 2.05) is 0 Å². The molecule has 12 heavy (non-hydrogen) atoms. The van der Waals surface area contributed by atoms with Gasteiger partial charge in [-0.3, -0.25) is 0 Å². The van der Waals surface area contributed by atoms with E-state index in [0.29, 0.717) is 0 Å². The van der Waals surface area contributed by atoms with Gasteiger partial charge in [-0.25, -0.2) is 4.39 Å². The van der Waals surface area contributed by atoms with Crippen molar-refractivity contribution in [3.05, 3.63) is 0 Å². The van der Waals surface area contributed by atoms with Crippen molar-refractivity contribution >= 4 is 7.82 Å². The highest BCUT2D eigenvalue weighted by Gasteiger charge is 2.32. The Labute approximate surface area is 64.4 Å². The maximum absolute atomic E-state index is 11.9. The summed E-state index contributed by atoms with van der Waals surface area (Å²) >= 11 is 0. The molecule has 0 saturated carbocycles. The van der Waals surface area contributed by atoms with Crippen LogP contribution in [0.1, 0.15) is 6.42 Å². The van der Waals surface area contributed by atoms with Gasteiger partial charge in [0, 0.05) is 0 Å². The molecule has 0 aromatic heterocycles. The number of phosphoric ester groups is 1. The van der Waals surface area contributed by atoms with Gasteiger partial charge in [0.1, 0.15) is 0 Å². The third-order valence-electron chi connectivity index (χ3n) is 0.635. The van der Waals surface area contributed by atoms with Crippen LogP contribution in [0.3, 0.4) is 0 Å². The Hall–Kier alpha value is -0.170. The van der Waals surface area contributed by atoms with Gasteiger partial charge in [-0.15, -0.1) is 0 Å². The van der Waals surface area contributed by atoms with Crippen molar-refractivity contribution in [2.24, 2.45) is 0 Å². The minimum absolute atomic E-state index is 2.12. The Balaban J connectivity index is 3.91. The third kappa shape index (κ3) is 7.93. The molecule has 0 spiro atoms. The van der Waals surface area contributed by atoms with E-state index in [0.717, 1.165) is 0 Å². The van der Waals surface area contributed by atoms with Crippen LogP contribution in [0.5, 0.6) is 0 Å². The molecule has 0 radical (unpaired) electrons. The molecule has 0 amide bonds. The van der Waals surface area contributed by atoms with Gasteiger partial charge in [0.2, 0.25) is 6.36 Å². The fraction of sp³-hybridized carbons (Fsp3) is 1.00. The van der Waals surface area contributed by atoms with Crippen LogP contribution in [0.2, 0.25) is 0 Å². The smallest absolute Gasteiger partial charge is 0.394 e. The molecule has 0 heterocycles. The fourth-order valence-electron chi connectivity index (χ4n) is 0.359. The van der Waals surface area contributed by atoms with Crippen molar-refractivity contribution in [2.75, 3.05) is 0 Å². The normalized spacial score (nSPS) is 16.2. The number of hydrogen-bond acceptors (Lipinski definition) is 4. The van der Waals surface area contributed by atoms with E-state index in [1.54, 1.807) is 0 Å². The number of hydrogen-bond donors (Lipinski definition) is 0. The summed E-state index contributed by atoms with van der Waals surface area (Å²) < 4.78 is 58.1. The van der Waals surface area contributed by atoms with Crippen molar-refractivity contribution in [1.82, 2.24) is 0 Å². The predicted molar refractivity (Wildman–Crippen MR) is 24.3 cm³/mol. The van der Waals surface area contributed by atoms with Gasteiger partial charge in [-0.05, 0) is 0 Å². The number of halogens is 4. The first kappa shape index (κ1) is 11.8. The zero-order valence-corrected chi connectivity index (χ0v) is 6.27. The van der Waals surface area contributed by atoms with E-state index >= 15 is 0 Å². The maximum atomic E-state index is 11.9. The topological polar surface area (TPSA) is 72.4 Å². The lowest BCUT2D eigenvalue weighted by molar-refractivity contribution is -0.350. The maximum Gasteiger partial charge on any atom is 0.394 e. The van der Waals surface area contributed by atoms with Gasteiger partial charge in [0.05, 0.1) is 14.2 Å². The number of rotatable bonds is 3. The zero-order chi connectivity index (χ0) is 9.99. The lowest BCUT2D eigenvalue weighted by atomic mass is 10.4. The van der Waals surface area contributed by atoms with Gasteiger partial charge >= 0.3 is 6.18 Å². The minimum Gasteiger partial charge on any atom is -0.790 e. The number of alkyl halides is 4. The molecular formula is C3H3F4O4P-2. The second-order valence-electron chi connectivity index (χ2n) is 1.78. The summed E-state index contributed by atoms with van der Waals surface area (Å²) in [6, 6.07) is 0. The molecule has 74 valence electrons. The molecule has 0 N–H and O–H groups in total. The predicted octanol–water partition coefficient (Wildman–Crippen LogP) is 0.0797. The van der Waals surface area contributed by atoms with Crippen LogP contribution < -0.4 is 9.79 Å². The zero-order valence-electron chi connectivity index (χ0n) is 5.38. The van der Waals surface area contributed by atoms with E-state index in [1.165, 1.54) is 0 Å². The molecule has 0 fully saturated rings. The summed E-state index contributed by atoms with van der Waals surface area (Å²) in [5.74, 6) is 0. The van der Waals surface area contributed by atoms with Crippen LogP contribution in [-0.4, -0.2) is 12.5 Å². The molecule has 0 bridgehead atoms. The van der Waals surface area contributed by atoms with Crippen LogP contribution in [0.4, 0.5) is 17.6 Å². The molecule has 0 aromatic carbocycles. The lowest BCUT2D eigenvalue weighted by Crippen LogP contribution is -2.24. The van der Waals surface area contributed by atoms with Crippen LogP contribution in [-0.2, 0) is 9.09 Å². The molecule has 1 atom stereocenters. The first-order valence-corrected chi connectivity index (χ1v) is 3.97. The van der Waals surface area contributed by atoms with Crippen molar-refractivity contribution in [3.63, 3.8) is 0 Å². The molecule has 0 aliphatic carbocycles. The average Bonchev–Trinajstić information content (AvgIpc) is 1.49. The highest BCUT2D eigenvalue weighted by Crippen LogP contribution is 2.32. The second kappa shape index (κ2) is 3.69. The SMILES string of the molecule is O=P([O-])([O-])OC(F)CC(F)(F)F. The molecule has 4 nitrogen and oxygen atoms in total. The molecular weight excluding hydrogens is 207 g/mol. The van der Waals surface area contributed by atoms with Crippen molar-refractivity contribution in [3.8, 4) is 0 Å². The summed E-state index contributed by atoms with van der Waals surface area (Å²) in [5.41, 5.74) is 0. The van der Waals surface area contributed by atoms with Crippen LogP contribution in [0.25, 0.3) is 0 Å². The Morgan fingerprint density at radius 1 is 1.42 bits per heavy atom. The third-order valence-corrected chi connectivity index (χ3v) is 1.12. The first-order chi connectivity index (χ1) is 5.10.